The van der Waals surface area contributed by atoms with Crippen LogP contribution in [0.2, 0.25) is 0 Å². The minimum atomic E-state index is -0.198. The van der Waals surface area contributed by atoms with E-state index in [1.165, 1.54) is 0 Å². The Labute approximate surface area is 209 Å². The third kappa shape index (κ3) is 3.71. The van der Waals surface area contributed by atoms with Crippen LogP contribution in [-0.2, 0) is 16.1 Å². The highest BCUT2D eigenvalue weighted by Crippen LogP contribution is 2.46. The maximum absolute atomic E-state index is 13.7. The molecule has 7 heteroatoms. The fourth-order valence-corrected chi connectivity index (χ4v) is 5.36. The van der Waals surface area contributed by atoms with Crippen molar-refractivity contribution >= 4 is 34.0 Å². The quantitative estimate of drug-likeness (QED) is 0.324. The number of hydrogen-bond donors (Lipinski definition) is 1. The van der Waals surface area contributed by atoms with Gasteiger partial charge in [0.05, 0.1) is 29.2 Å². The molecule has 0 radical (unpaired) electrons. The highest BCUT2D eigenvalue weighted by molar-refractivity contribution is 6.28. The molecule has 4 aromatic rings. The number of nitrogens with zero attached hydrogens (tertiary/aromatic N) is 2. The summed E-state index contributed by atoms with van der Waals surface area (Å²) in [4.78, 5) is 28.4. The first-order chi connectivity index (χ1) is 17.7. The molecule has 1 atom stereocenters. The minimum absolute atomic E-state index is 0.0449. The molecule has 3 aromatic carbocycles. The van der Waals surface area contributed by atoms with Gasteiger partial charge in [-0.25, -0.2) is 0 Å². The molecule has 0 bridgehead atoms. The molecule has 1 aliphatic carbocycles. The number of piperidine rings is 1. The van der Waals surface area contributed by atoms with E-state index in [0.29, 0.717) is 42.1 Å². The zero-order chi connectivity index (χ0) is 24.6. The molecule has 1 aliphatic heterocycles. The van der Waals surface area contributed by atoms with E-state index in [0.717, 1.165) is 47.3 Å². The lowest BCUT2D eigenvalue weighted by molar-refractivity contribution is -0.148. The van der Waals surface area contributed by atoms with Gasteiger partial charge in [0.2, 0.25) is 0 Å². The number of ketones is 1. The van der Waals surface area contributed by atoms with Crippen molar-refractivity contribution in [1.29, 1.82) is 0 Å². The average molecular weight is 482 g/mol. The Hall–Kier alpha value is -4.13. The number of anilines is 2. The lowest BCUT2D eigenvalue weighted by Crippen LogP contribution is -2.39. The standard InChI is InChI=1S/C29H27N3O4/c1-2-35-29(34)19-11-8-14-32(17-19)23-15-22(30-16-18-9-4-3-5-10-18)24-25-26(23)31-36-28(25)21-13-7-6-12-20(21)27(24)33/h3-7,9-10,12-13,15,19,30H,2,8,11,14,16-17H2,1H3/t19-/m1/s1. The normalized spacial score (nSPS) is 16.6. The summed E-state index contributed by atoms with van der Waals surface area (Å²) in [6.45, 7) is 4.10. The first-order valence-corrected chi connectivity index (χ1v) is 12.5. The summed E-state index contributed by atoms with van der Waals surface area (Å²) in [6, 6.07) is 19.6. The fraction of sp³-hybridized carbons (Fsp3) is 0.276. The molecule has 0 spiro atoms. The van der Waals surface area contributed by atoms with Crippen LogP contribution in [0.25, 0.3) is 22.2 Å². The summed E-state index contributed by atoms with van der Waals surface area (Å²) in [5.41, 5.74) is 5.31. The Morgan fingerprint density at radius 3 is 2.72 bits per heavy atom. The predicted molar refractivity (Wildman–Crippen MR) is 138 cm³/mol. The molecule has 2 aliphatic rings. The van der Waals surface area contributed by atoms with Gasteiger partial charge in [-0.2, -0.15) is 0 Å². The molecule has 36 heavy (non-hydrogen) atoms. The molecule has 0 unspecified atom stereocenters. The molecule has 1 N–H and O–H groups in total. The van der Waals surface area contributed by atoms with Crippen LogP contribution in [0.4, 0.5) is 11.4 Å². The molecule has 1 fully saturated rings. The summed E-state index contributed by atoms with van der Waals surface area (Å²) >= 11 is 0. The predicted octanol–water partition coefficient (Wildman–Crippen LogP) is 5.43. The smallest absolute Gasteiger partial charge is 0.310 e. The molecule has 1 aromatic heterocycles. The molecule has 7 nitrogen and oxygen atoms in total. The average Bonchev–Trinajstić information content (AvgIpc) is 3.37. The number of nitrogens with one attached hydrogen (secondary N) is 1. The van der Waals surface area contributed by atoms with Crippen LogP contribution >= 0.6 is 0 Å². The van der Waals surface area contributed by atoms with Gasteiger partial charge in [0.25, 0.3) is 0 Å². The molecular weight excluding hydrogens is 454 g/mol. The van der Waals surface area contributed by atoms with Crippen molar-refractivity contribution in [3.63, 3.8) is 0 Å². The first-order valence-electron chi connectivity index (χ1n) is 12.5. The van der Waals surface area contributed by atoms with Crippen molar-refractivity contribution in [3.05, 3.63) is 77.4 Å². The maximum atomic E-state index is 13.7. The highest BCUT2D eigenvalue weighted by Gasteiger charge is 2.35. The maximum Gasteiger partial charge on any atom is 0.310 e. The lowest BCUT2D eigenvalue weighted by Gasteiger charge is -2.34. The van der Waals surface area contributed by atoms with Gasteiger partial charge in [-0.3, -0.25) is 9.59 Å². The number of aromatic nitrogens is 1. The van der Waals surface area contributed by atoms with E-state index in [-0.39, 0.29) is 17.7 Å². The van der Waals surface area contributed by atoms with Gasteiger partial charge in [0.15, 0.2) is 11.5 Å². The fourth-order valence-electron chi connectivity index (χ4n) is 5.36. The van der Waals surface area contributed by atoms with Crippen LogP contribution in [0.5, 0.6) is 0 Å². The molecule has 0 saturated carbocycles. The molecule has 1 saturated heterocycles. The number of hydrogen-bond acceptors (Lipinski definition) is 7. The van der Waals surface area contributed by atoms with Crippen molar-refractivity contribution in [2.45, 2.75) is 26.3 Å². The number of esters is 1. The Kier molecular flexibility index (Phi) is 5.68. The Morgan fingerprint density at radius 2 is 1.92 bits per heavy atom. The van der Waals surface area contributed by atoms with Crippen LogP contribution in [-0.4, -0.2) is 36.6 Å². The van der Waals surface area contributed by atoms with Crippen molar-refractivity contribution in [2.75, 3.05) is 29.9 Å². The number of ether oxygens (including phenoxy) is 1. The van der Waals surface area contributed by atoms with E-state index in [1.54, 1.807) is 0 Å². The number of fused-ring (bicyclic) bond motifs is 2. The Bertz CT molecular complexity index is 1460. The second kappa shape index (κ2) is 9.15. The van der Waals surface area contributed by atoms with Crippen molar-refractivity contribution in [1.82, 2.24) is 5.16 Å². The second-order valence-corrected chi connectivity index (χ2v) is 9.30. The van der Waals surface area contributed by atoms with Crippen LogP contribution in [0.1, 0.15) is 41.3 Å². The van der Waals surface area contributed by atoms with Crippen LogP contribution in [0.15, 0.2) is 65.2 Å². The molecule has 2 heterocycles. The van der Waals surface area contributed by atoms with Gasteiger partial charge in [-0.1, -0.05) is 59.8 Å². The second-order valence-electron chi connectivity index (χ2n) is 9.30. The molecular formula is C29H27N3O4. The van der Waals surface area contributed by atoms with E-state index < -0.39 is 0 Å². The molecule has 0 amide bonds. The molecule has 182 valence electrons. The van der Waals surface area contributed by atoms with Gasteiger partial charge in [-0.15, -0.1) is 0 Å². The summed E-state index contributed by atoms with van der Waals surface area (Å²) in [5.74, 6) is 0.203. The minimum Gasteiger partial charge on any atom is -0.466 e. The van der Waals surface area contributed by atoms with E-state index >= 15 is 0 Å². The van der Waals surface area contributed by atoms with Gasteiger partial charge in [0.1, 0.15) is 5.52 Å². The number of carbonyl (C=O) groups is 2. The lowest BCUT2D eigenvalue weighted by atomic mass is 9.86. The summed E-state index contributed by atoms with van der Waals surface area (Å²) in [7, 11) is 0. The SMILES string of the molecule is CCOC(=O)[C@@H]1CCCN(c2cc(NCc3ccccc3)c3c4c(onc24)-c2ccccc2C3=O)C1. The van der Waals surface area contributed by atoms with Crippen molar-refractivity contribution < 1.29 is 18.8 Å². The zero-order valence-electron chi connectivity index (χ0n) is 20.1. The van der Waals surface area contributed by atoms with E-state index in [9.17, 15) is 9.59 Å². The number of benzene rings is 3. The van der Waals surface area contributed by atoms with Crippen molar-refractivity contribution in [3.8, 4) is 11.3 Å². The van der Waals surface area contributed by atoms with Crippen LogP contribution in [0, 0.1) is 5.92 Å². The molecule has 6 rings (SSSR count). The summed E-state index contributed by atoms with van der Waals surface area (Å²) < 4.78 is 11.2. The highest BCUT2D eigenvalue weighted by atomic mass is 16.5. The Morgan fingerprint density at radius 1 is 1.14 bits per heavy atom. The largest absolute Gasteiger partial charge is 0.466 e. The zero-order valence-corrected chi connectivity index (χ0v) is 20.1. The van der Waals surface area contributed by atoms with Crippen LogP contribution < -0.4 is 10.2 Å². The monoisotopic (exact) mass is 481 g/mol. The van der Waals surface area contributed by atoms with Gasteiger partial charge in [0, 0.05) is 36.4 Å². The topological polar surface area (TPSA) is 84.7 Å². The summed E-state index contributed by atoms with van der Waals surface area (Å²) in [5, 5.41) is 8.69. The Balaban J connectivity index is 1.48. The summed E-state index contributed by atoms with van der Waals surface area (Å²) in [6.07, 6.45) is 1.66. The van der Waals surface area contributed by atoms with Crippen LogP contribution in [0.3, 0.4) is 0 Å². The number of rotatable bonds is 6. The van der Waals surface area contributed by atoms with E-state index in [4.69, 9.17) is 9.26 Å². The third-order valence-electron chi connectivity index (χ3n) is 7.09. The van der Waals surface area contributed by atoms with Gasteiger partial charge >= 0.3 is 5.97 Å². The van der Waals surface area contributed by atoms with Gasteiger partial charge in [-0.05, 0) is 31.4 Å². The van der Waals surface area contributed by atoms with Crippen molar-refractivity contribution in [2.24, 2.45) is 5.92 Å². The third-order valence-corrected chi connectivity index (χ3v) is 7.09. The first kappa shape index (κ1) is 22.3. The number of carbonyl (C=O) groups excluding carboxylic acids is 2. The van der Waals surface area contributed by atoms with Gasteiger partial charge < -0.3 is 19.5 Å². The van der Waals surface area contributed by atoms with E-state index in [2.05, 4.69) is 27.5 Å². The van der Waals surface area contributed by atoms with E-state index in [1.807, 2.05) is 55.5 Å².